The molecule has 78 valence electrons. The van der Waals surface area contributed by atoms with Gasteiger partial charge in [0, 0.05) is 11.6 Å². The van der Waals surface area contributed by atoms with E-state index in [1.54, 1.807) is 6.07 Å². The van der Waals surface area contributed by atoms with Crippen LogP contribution >= 0.6 is 0 Å². The molecule has 1 aromatic rings. The van der Waals surface area contributed by atoms with Crippen LogP contribution in [0, 0.1) is 0 Å². The van der Waals surface area contributed by atoms with Crippen molar-refractivity contribution in [3.63, 3.8) is 0 Å². The predicted molar refractivity (Wildman–Crippen MR) is 56.8 cm³/mol. The van der Waals surface area contributed by atoms with Crippen LogP contribution in [-0.4, -0.2) is 18.8 Å². The van der Waals surface area contributed by atoms with Crippen LogP contribution in [0.2, 0.25) is 0 Å². The summed E-state index contributed by atoms with van der Waals surface area (Å²) in [5.41, 5.74) is 0.860. The first-order valence-electron chi connectivity index (χ1n) is 4.82. The molecular formula is C11H17NO2. The van der Waals surface area contributed by atoms with Gasteiger partial charge in [0.1, 0.15) is 0 Å². The molecule has 0 heterocycles. The second kappa shape index (κ2) is 4.86. The zero-order chi connectivity index (χ0) is 10.6. The first-order valence-corrected chi connectivity index (χ1v) is 4.82. The lowest BCUT2D eigenvalue weighted by atomic mass is 10.1. The van der Waals surface area contributed by atoms with Crippen molar-refractivity contribution in [1.29, 1.82) is 0 Å². The van der Waals surface area contributed by atoms with Gasteiger partial charge in [-0.25, -0.2) is 0 Å². The molecule has 1 rings (SSSR count). The number of benzene rings is 1. The number of rotatable bonds is 4. The quantitative estimate of drug-likeness (QED) is 0.772. The van der Waals surface area contributed by atoms with E-state index in [2.05, 4.69) is 5.32 Å². The molecule has 0 saturated carbocycles. The predicted octanol–water partition coefficient (Wildman–Crippen LogP) is 2.07. The highest BCUT2D eigenvalue weighted by molar-refractivity contribution is 5.46. The summed E-state index contributed by atoms with van der Waals surface area (Å²) < 4.78 is 5.29. The third kappa shape index (κ3) is 2.17. The van der Waals surface area contributed by atoms with Crippen LogP contribution in [0.25, 0.3) is 0 Å². The van der Waals surface area contributed by atoms with Crippen LogP contribution in [0.1, 0.15) is 25.5 Å². The molecule has 0 unspecified atom stereocenters. The van der Waals surface area contributed by atoms with Gasteiger partial charge >= 0.3 is 0 Å². The van der Waals surface area contributed by atoms with Crippen molar-refractivity contribution in [3.8, 4) is 11.5 Å². The molecule has 3 nitrogen and oxygen atoms in total. The highest BCUT2D eigenvalue weighted by Gasteiger charge is 2.11. The van der Waals surface area contributed by atoms with Gasteiger partial charge in [0.2, 0.25) is 0 Å². The first-order chi connectivity index (χ1) is 6.70. The molecule has 14 heavy (non-hydrogen) atoms. The fourth-order valence-corrected chi connectivity index (χ4v) is 1.32. The van der Waals surface area contributed by atoms with E-state index >= 15 is 0 Å². The summed E-state index contributed by atoms with van der Waals surface area (Å²) in [6.07, 6.45) is 0. The Morgan fingerprint density at radius 3 is 2.79 bits per heavy atom. The summed E-state index contributed by atoms with van der Waals surface area (Å²) in [7, 11) is 1.86. The van der Waals surface area contributed by atoms with Crippen molar-refractivity contribution < 1.29 is 9.84 Å². The van der Waals surface area contributed by atoms with Gasteiger partial charge in [0.25, 0.3) is 0 Å². The van der Waals surface area contributed by atoms with E-state index < -0.39 is 0 Å². The van der Waals surface area contributed by atoms with Crippen molar-refractivity contribution in [3.05, 3.63) is 23.8 Å². The number of hydrogen-bond acceptors (Lipinski definition) is 3. The molecule has 2 N–H and O–H groups in total. The number of aromatic hydroxyl groups is 1. The van der Waals surface area contributed by atoms with E-state index in [4.69, 9.17) is 4.74 Å². The third-order valence-electron chi connectivity index (χ3n) is 2.23. The lowest BCUT2D eigenvalue weighted by Gasteiger charge is -2.14. The smallest absolute Gasteiger partial charge is 0.162 e. The van der Waals surface area contributed by atoms with Gasteiger partial charge in [0.15, 0.2) is 11.5 Å². The average molecular weight is 195 g/mol. The first kappa shape index (κ1) is 10.9. The van der Waals surface area contributed by atoms with E-state index in [-0.39, 0.29) is 11.8 Å². The zero-order valence-corrected chi connectivity index (χ0v) is 8.87. The molecule has 0 aliphatic rings. The number of phenolic OH excluding ortho intramolecular Hbond substituents is 1. The Labute approximate surface area is 84.7 Å². The van der Waals surface area contributed by atoms with E-state index in [0.717, 1.165) is 5.56 Å². The fraction of sp³-hybridized carbons (Fsp3) is 0.455. The van der Waals surface area contributed by atoms with Crippen molar-refractivity contribution in [2.24, 2.45) is 0 Å². The minimum Gasteiger partial charge on any atom is -0.504 e. The molecule has 0 aliphatic heterocycles. The largest absolute Gasteiger partial charge is 0.504 e. The molecule has 0 aliphatic carbocycles. The lowest BCUT2D eigenvalue weighted by molar-refractivity contribution is 0.315. The SMILES string of the molecule is CCOc1cccc([C@@H](C)NC)c1O. The Morgan fingerprint density at radius 1 is 1.50 bits per heavy atom. The lowest BCUT2D eigenvalue weighted by Crippen LogP contribution is -2.12. The summed E-state index contributed by atoms with van der Waals surface area (Å²) in [6, 6.07) is 5.66. The van der Waals surface area contributed by atoms with Crippen molar-refractivity contribution in [2.45, 2.75) is 19.9 Å². The average Bonchev–Trinajstić information content (AvgIpc) is 2.20. The molecule has 0 saturated heterocycles. The maximum Gasteiger partial charge on any atom is 0.162 e. The van der Waals surface area contributed by atoms with Gasteiger partial charge in [-0.1, -0.05) is 12.1 Å². The summed E-state index contributed by atoms with van der Waals surface area (Å²) in [4.78, 5) is 0. The number of phenols is 1. The van der Waals surface area contributed by atoms with Crippen LogP contribution in [0.4, 0.5) is 0 Å². The molecule has 0 radical (unpaired) electrons. The summed E-state index contributed by atoms with van der Waals surface area (Å²) in [5.74, 6) is 0.781. The molecule has 1 aromatic carbocycles. The topological polar surface area (TPSA) is 41.5 Å². The molecule has 1 atom stereocenters. The van der Waals surface area contributed by atoms with E-state index in [1.807, 2.05) is 33.0 Å². The molecule has 0 fully saturated rings. The Morgan fingerprint density at radius 2 is 2.21 bits per heavy atom. The summed E-state index contributed by atoms with van der Waals surface area (Å²) in [6.45, 7) is 4.45. The molecule has 0 bridgehead atoms. The van der Waals surface area contributed by atoms with Gasteiger partial charge in [-0.2, -0.15) is 0 Å². The van der Waals surface area contributed by atoms with Crippen LogP contribution in [0.15, 0.2) is 18.2 Å². The molecular weight excluding hydrogens is 178 g/mol. The van der Waals surface area contributed by atoms with Crippen molar-refractivity contribution in [2.75, 3.05) is 13.7 Å². The van der Waals surface area contributed by atoms with Crippen LogP contribution in [0.5, 0.6) is 11.5 Å². The standard InChI is InChI=1S/C11H17NO2/c1-4-14-10-7-5-6-9(11(10)13)8(2)12-3/h5-8,12-13H,4H2,1-3H3/t8-/m1/s1. The van der Waals surface area contributed by atoms with Gasteiger partial charge < -0.3 is 15.2 Å². The number of para-hydroxylation sites is 1. The molecule has 0 aromatic heterocycles. The third-order valence-corrected chi connectivity index (χ3v) is 2.23. The molecule has 0 amide bonds. The van der Waals surface area contributed by atoms with Crippen LogP contribution in [-0.2, 0) is 0 Å². The molecule has 0 spiro atoms. The number of hydrogen-bond donors (Lipinski definition) is 2. The van der Waals surface area contributed by atoms with E-state index in [9.17, 15) is 5.11 Å². The number of ether oxygens (including phenoxy) is 1. The summed E-state index contributed by atoms with van der Waals surface area (Å²) >= 11 is 0. The second-order valence-corrected chi connectivity index (χ2v) is 3.14. The van der Waals surface area contributed by atoms with Gasteiger partial charge in [-0.05, 0) is 27.0 Å². The van der Waals surface area contributed by atoms with Crippen LogP contribution in [0.3, 0.4) is 0 Å². The second-order valence-electron chi connectivity index (χ2n) is 3.14. The van der Waals surface area contributed by atoms with Gasteiger partial charge in [0.05, 0.1) is 6.61 Å². The fourth-order valence-electron chi connectivity index (χ4n) is 1.32. The Bertz CT molecular complexity index is 299. The van der Waals surface area contributed by atoms with Gasteiger partial charge in [-0.15, -0.1) is 0 Å². The Balaban J connectivity index is 3.00. The number of nitrogens with one attached hydrogen (secondary N) is 1. The minimum absolute atomic E-state index is 0.121. The summed E-state index contributed by atoms with van der Waals surface area (Å²) in [5, 5.41) is 12.9. The maximum absolute atomic E-state index is 9.86. The normalized spacial score (nSPS) is 12.5. The van der Waals surface area contributed by atoms with E-state index in [0.29, 0.717) is 12.4 Å². The van der Waals surface area contributed by atoms with Crippen molar-refractivity contribution in [1.82, 2.24) is 5.32 Å². The Kier molecular flexibility index (Phi) is 3.77. The molecule has 3 heteroatoms. The zero-order valence-electron chi connectivity index (χ0n) is 8.87. The maximum atomic E-state index is 9.86. The van der Waals surface area contributed by atoms with Crippen LogP contribution < -0.4 is 10.1 Å². The highest BCUT2D eigenvalue weighted by atomic mass is 16.5. The minimum atomic E-state index is 0.121. The van der Waals surface area contributed by atoms with E-state index in [1.165, 1.54) is 0 Å². The highest BCUT2D eigenvalue weighted by Crippen LogP contribution is 2.33. The monoisotopic (exact) mass is 195 g/mol. The van der Waals surface area contributed by atoms with Gasteiger partial charge in [-0.3, -0.25) is 0 Å². The Hall–Kier alpha value is -1.22. The van der Waals surface area contributed by atoms with Crippen molar-refractivity contribution >= 4 is 0 Å².